The van der Waals surface area contributed by atoms with Crippen molar-refractivity contribution >= 4 is 27.5 Å². The predicted octanol–water partition coefficient (Wildman–Crippen LogP) is 5.29. The Hall–Kier alpha value is -3.00. The van der Waals surface area contributed by atoms with E-state index in [-0.39, 0.29) is 12.5 Å². The molecule has 144 valence electrons. The van der Waals surface area contributed by atoms with Gasteiger partial charge in [0.05, 0.1) is 28.6 Å². The number of benzene rings is 1. The summed E-state index contributed by atoms with van der Waals surface area (Å²) in [7, 11) is 0. The van der Waals surface area contributed by atoms with Gasteiger partial charge in [0, 0.05) is 6.54 Å². The van der Waals surface area contributed by atoms with Crippen molar-refractivity contribution in [2.75, 3.05) is 0 Å². The zero-order chi connectivity index (χ0) is 19.7. The lowest BCUT2D eigenvalue weighted by Gasteiger charge is -2.12. The van der Waals surface area contributed by atoms with Gasteiger partial charge in [-0.2, -0.15) is 13.2 Å². The highest BCUT2D eigenvalue weighted by Gasteiger charge is 2.30. The van der Waals surface area contributed by atoms with Gasteiger partial charge in [-0.1, -0.05) is 12.1 Å². The van der Waals surface area contributed by atoms with Gasteiger partial charge < -0.3 is 14.3 Å². The van der Waals surface area contributed by atoms with Crippen molar-refractivity contribution < 1.29 is 22.4 Å². The fourth-order valence-corrected chi connectivity index (χ4v) is 3.81. The number of alkyl halides is 3. The maximum Gasteiger partial charge on any atom is 0.416 e. The third kappa shape index (κ3) is 3.68. The van der Waals surface area contributed by atoms with Gasteiger partial charge in [0.2, 0.25) is 0 Å². The molecule has 0 aliphatic carbocycles. The minimum Gasteiger partial charge on any atom is -0.467 e. The number of fused-ring (bicyclic) bond motifs is 1. The largest absolute Gasteiger partial charge is 0.467 e. The number of hydrogen-bond donors (Lipinski definition) is 1. The summed E-state index contributed by atoms with van der Waals surface area (Å²) in [6.07, 6.45) is -2.84. The molecule has 4 nitrogen and oxygen atoms in total. The molecular formula is C20H15F3N2O2S. The topological polar surface area (TPSA) is 47.2 Å². The number of carbonyl (C=O) groups is 1. The van der Waals surface area contributed by atoms with E-state index in [2.05, 4.69) is 5.32 Å². The molecule has 0 radical (unpaired) electrons. The van der Waals surface area contributed by atoms with Crippen molar-refractivity contribution in [1.29, 1.82) is 0 Å². The first kappa shape index (κ1) is 18.4. The average Bonchev–Trinajstić information content (AvgIpc) is 3.38. The second kappa shape index (κ2) is 7.20. The molecule has 0 saturated carbocycles. The van der Waals surface area contributed by atoms with Gasteiger partial charge in [0.25, 0.3) is 5.91 Å². The number of nitrogens with zero attached hydrogens (tertiary/aromatic N) is 1. The van der Waals surface area contributed by atoms with Gasteiger partial charge in [0.1, 0.15) is 11.5 Å². The van der Waals surface area contributed by atoms with Crippen molar-refractivity contribution in [3.05, 3.63) is 82.8 Å². The molecule has 0 atom stereocenters. The fraction of sp³-hybridized carbons (Fsp3) is 0.150. The summed E-state index contributed by atoms with van der Waals surface area (Å²) in [5.74, 6) is 0.364. The first-order valence-electron chi connectivity index (χ1n) is 8.45. The van der Waals surface area contributed by atoms with E-state index in [1.165, 1.54) is 29.7 Å². The molecule has 3 heterocycles. The van der Waals surface area contributed by atoms with E-state index in [4.69, 9.17) is 4.42 Å². The minimum absolute atomic E-state index is 0.255. The third-order valence-electron chi connectivity index (χ3n) is 4.38. The number of halogens is 3. The second-order valence-corrected chi connectivity index (χ2v) is 7.19. The molecule has 4 rings (SSSR count). The molecule has 0 spiro atoms. The lowest BCUT2D eigenvalue weighted by molar-refractivity contribution is -0.137. The Labute approximate surface area is 162 Å². The van der Waals surface area contributed by atoms with Gasteiger partial charge in [-0.05, 0) is 47.3 Å². The number of furan rings is 1. The molecule has 28 heavy (non-hydrogen) atoms. The van der Waals surface area contributed by atoms with Crippen LogP contribution in [0.3, 0.4) is 0 Å². The molecule has 0 fully saturated rings. The first-order valence-corrected chi connectivity index (χ1v) is 9.33. The van der Waals surface area contributed by atoms with Crippen LogP contribution in [-0.4, -0.2) is 10.5 Å². The van der Waals surface area contributed by atoms with Crippen molar-refractivity contribution in [2.45, 2.75) is 19.3 Å². The smallest absolute Gasteiger partial charge is 0.416 e. The number of rotatable bonds is 5. The summed E-state index contributed by atoms with van der Waals surface area (Å²) in [6.45, 7) is 0.548. The highest BCUT2D eigenvalue weighted by molar-refractivity contribution is 7.17. The van der Waals surface area contributed by atoms with Crippen molar-refractivity contribution in [3.8, 4) is 0 Å². The molecule has 1 N–H and O–H groups in total. The van der Waals surface area contributed by atoms with Crippen LogP contribution >= 0.6 is 11.3 Å². The third-order valence-corrected chi connectivity index (χ3v) is 5.23. The lowest BCUT2D eigenvalue weighted by Crippen LogP contribution is -2.25. The van der Waals surface area contributed by atoms with Gasteiger partial charge in [0.15, 0.2) is 0 Å². The highest BCUT2D eigenvalue weighted by atomic mass is 32.1. The maximum atomic E-state index is 12.8. The molecule has 0 saturated heterocycles. The number of hydrogen-bond acceptors (Lipinski definition) is 3. The van der Waals surface area contributed by atoms with E-state index in [1.807, 2.05) is 16.0 Å². The Balaban J connectivity index is 1.60. The molecule has 0 bridgehead atoms. The van der Waals surface area contributed by atoms with Gasteiger partial charge >= 0.3 is 6.18 Å². The van der Waals surface area contributed by atoms with Crippen LogP contribution in [0.5, 0.6) is 0 Å². The van der Waals surface area contributed by atoms with Crippen molar-refractivity contribution in [3.63, 3.8) is 0 Å². The second-order valence-electron chi connectivity index (χ2n) is 6.24. The quantitative estimate of drug-likeness (QED) is 0.491. The number of nitrogens with one attached hydrogen (secondary N) is 1. The lowest BCUT2D eigenvalue weighted by atomic mass is 10.1. The van der Waals surface area contributed by atoms with Gasteiger partial charge in [-0.15, -0.1) is 11.3 Å². The van der Waals surface area contributed by atoms with Crippen molar-refractivity contribution in [1.82, 2.24) is 9.88 Å². The highest BCUT2D eigenvalue weighted by Crippen LogP contribution is 2.30. The molecule has 0 unspecified atom stereocenters. The molecule has 0 aliphatic heterocycles. The summed E-state index contributed by atoms with van der Waals surface area (Å²) in [5, 5.41) is 4.72. The number of thiophene rings is 1. The van der Waals surface area contributed by atoms with E-state index in [0.717, 1.165) is 22.3 Å². The Morgan fingerprint density at radius 1 is 1.14 bits per heavy atom. The van der Waals surface area contributed by atoms with Crippen LogP contribution in [0.2, 0.25) is 0 Å². The Bertz CT molecular complexity index is 1090. The number of carbonyl (C=O) groups excluding carboxylic acids is 1. The summed E-state index contributed by atoms with van der Waals surface area (Å²) in [5.41, 5.74) is 1.30. The van der Waals surface area contributed by atoms with Crippen LogP contribution in [-0.2, 0) is 19.3 Å². The standard InChI is InChI=1S/C20H15F3N2O2S/c21-20(22,23)14-5-3-13(4-6-14)12-25-16-7-9-28-18(16)10-17(25)19(26)24-11-15-2-1-8-27-15/h1-10H,11-12H2,(H,24,26). The molecule has 8 heteroatoms. The van der Waals surface area contributed by atoms with Crippen LogP contribution < -0.4 is 5.32 Å². The number of amides is 1. The van der Waals surface area contributed by atoms with Crippen LogP contribution in [0.4, 0.5) is 13.2 Å². The molecule has 1 aromatic carbocycles. The first-order chi connectivity index (χ1) is 13.4. The normalized spacial score (nSPS) is 11.8. The SMILES string of the molecule is O=C(NCc1ccco1)c1cc2sccc2n1Cc1ccc(C(F)(F)F)cc1. The van der Waals surface area contributed by atoms with E-state index in [0.29, 0.717) is 23.6 Å². The zero-order valence-corrected chi connectivity index (χ0v) is 15.3. The van der Waals surface area contributed by atoms with Crippen LogP contribution in [0, 0.1) is 0 Å². The van der Waals surface area contributed by atoms with Gasteiger partial charge in [-0.3, -0.25) is 4.79 Å². The maximum absolute atomic E-state index is 12.8. The molecule has 4 aromatic rings. The molecule has 0 aliphatic rings. The van der Waals surface area contributed by atoms with Crippen LogP contribution in [0.1, 0.15) is 27.4 Å². The average molecular weight is 404 g/mol. The van der Waals surface area contributed by atoms with Crippen LogP contribution in [0.15, 0.2) is 64.6 Å². The molecular weight excluding hydrogens is 389 g/mol. The molecule has 3 aromatic heterocycles. The fourth-order valence-electron chi connectivity index (χ4n) is 2.99. The Morgan fingerprint density at radius 2 is 1.93 bits per heavy atom. The Morgan fingerprint density at radius 3 is 2.61 bits per heavy atom. The molecule has 1 amide bonds. The summed E-state index contributed by atoms with van der Waals surface area (Å²) in [4.78, 5) is 12.7. The van der Waals surface area contributed by atoms with E-state index >= 15 is 0 Å². The van der Waals surface area contributed by atoms with Crippen LogP contribution in [0.25, 0.3) is 10.2 Å². The number of aromatic nitrogens is 1. The minimum atomic E-state index is -4.37. The monoisotopic (exact) mass is 404 g/mol. The zero-order valence-electron chi connectivity index (χ0n) is 14.5. The van der Waals surface area contributed by atoms with E-state index < -0.39 is 11.7 Å². The summed E-state index contributed by atoms with van der Waals surface area (Å²) in [6, 6.07) is 12.2. The summed E-state index contributed by atoms with van der Waals surface area (Å²) >= 11 is 1.50. The van der Waals surface area contributed by atoms with E-state index in [9.17, 15) is 18.0 Å². The summed E-state index contributed by atoms with van der Waals surface area (Å²) < 4.78 is 46.3. The van der Waals surface area contributed by atoms with E-state index in [1.54, 1.807) is 18.2 Å². The van der Waals surface area contributed by atoms with Crippen molar-refractivity contribution in [2.24, 2.45) is 0 Å². The van der Waals surface area contributed by atoms with Gasteiger partial charge in [-0.25, -0.2) is 0 Å². The Kier molecular flexibility index (Phi) is 4.72. The predicted molar refractivity (Wildman–Crippen MR) is 100 cm³/mol.